The summed E-state index contributed by atoms with van der Waals surface area (Å²) >= 11 is 5.88. The van der Waals surface area contributed by atoms with Gasteiger partial charge in [-0.3, -0.25) is 4.79 Å². The van der Waals surface area contributed by atoms with Crippen LogP contribution in [0, 0.1) is 5.92 Å². The Morgan fingerprint density at radius 1 is 1.35 bits per heavy atom. The number of hydrogen-bond acceptors (Lipinski definition) is 2. The molecule has 0 saturated heterocycles. The summed E-state index contributed by atoms with van der Waals surface area (Å²) in [5, 5.41) is 0.715. The van der Waals surface area contributed by atoms with Crippen molar-refractivity contribution >= 4 is 29.9 Å². The molecule has 3 unspecified atom stereocenters. The molecule has 1 fully saturated rings. The second kappa shape index (κ2) is 7.30. The van der Waals surface area contributed by atoms with Crippen molar-refractivity contribution in [2.24, 2.45) is 11.7 Å². The Kier molecular flexibility index (Phi) is 6.31. The molecule has 1 aromatic carbocycles. The van der Waals surface area contributed by atoms with Crippen LogP contribution >= 0.6 is 24.0 Å². The van der Waals surface area contributed by atoms with Gasteiger partial charge in [-0.25, -0.2) is 0 Å². The number of rotatable bonds is 3. The molecule has 2 N–H and O–H groups in total. The van der Waals surface area contributed by atoms with Gasteiger partial charge in [0.2, 0.25) is 5.91 Å². The first-order valence-corrected chi connectivity index (χ1v) is 7.14. The van der Waals surface area contributed by atoms with Crippen molar-refractivity contribution in [2.45, 2.75) is 38.3 Å². The van der Waals surface area contributed by atoms with Crippen LogP contribution in [0.5, 0.6) is 0 Å². The molecule has 5 heteroatoms. The standard InChI is InChI=1S/C15H21ClN2O.ClH/c1-10(11-3-6-13(16)7-4-11)18(2)15(19)12-5-8-14(17)9-12;/h3-4,6-7,10,12,14H,5,8-9,17H2,1-2H3;1H. The predicted octanol–water partition coefficient (Wildman–Crippen LogP) is 3.41. The number of amides is 1. The van der Waals surface area contributed by atoms with Gasteiger partial charge in [-0.2, -0.15) is 0 Å². The van der Waals surface area contributed by atoms with Crippen LogP contribution < -0.4 is 5.73 Å². The first-order valence-electron chi connectivity index (χ1n) is 6.76. The minimum absolute atomic E-state index is 0. The lowest BCUT2D eigenvalue weighted by Crippen LogP contribution is -2.34. The molecule has 0 heterocycles. The molecule has 3 atom stereocenters. The number of benzene rings is 1. The van der Waals surface area contributed by atoms with E-state index in [0.717, 1.165) is 24.8 Å². The number of hydrogen-bond donors (Lipinski definition) is 1. The van der Waals surface area contributed by atoms with Gasteiger partial charge in [-0.1, -0.05) is 23.7 Å². The minimum Gasteiger partial charge on any atom is -0.339 e. The molecule has 1 saturated carbocycles. The molecular formula is C15H22Cl2N2O. The van der Waals surface area contributed by atoms with E-state index in [-0.39, 0.29) is 36.3 Å². The Morgan fingerprint density at radius 2 is 1.95 bits per heavy atom. The summed E-state index contributed by atoms with van der Waals surface area (Å²) in [5.74, 6) is 0.296. The van der Waals surface area contributed by atoms with Crippen molar-refractivity contribution in [1.29, 1.82) is 0 Å². The number of nitrogens with two attached hydrogens (primary N) is 1. The number of halogens is 2. The zero-order valence-electron chi connectivity index (χ0n) is 11.9. The Labute approximate surface area is 131 Å². The molecule has 3 nitrogen and oxygen atoms in total. The van der Waals surface area contributed by atoms with Crippen molar-refractivity contribution in [3.05, 3.63) is 34.9 Å². The highest BCUT2D eigenvalue weighted by Gasteiger charge is 2.31. The van der Waals surface area contributed by atoms with Crippen LogP contribution in [0.3, 0.4) is 0 Å². The van der Waals surface area contributed by atoms with Gasteiger partial charge in [0.1, 0.15) is 0 Å². The summed E-state index contributed by atoms with van der Waals surface area (Å²) in [6.45, 7) is 2.04. The van der Waals surface area contributed by atoms with Crippen LogP contribution in [0.25, 0.3) is 0 Å². The normalized spacial score (nSPS) is 23.0. The van der Waals surface area contributed by atoms with Gasteiger partial charge >= 0.3 is 0 Å². The van der Waals surface area contributed by atoms with E-state index in [0.29, 0.717) is 5.02 Å². The molecule has 1 aliphatic rings. The fourth-order valence-corrected chi connectivity index (χ4v) is 2.81. The van der Waals surface area contributed by atoms with Crippen LogP contribution in [0.4, 0.5) is 0 Å². The zero-order chi connectivity index (χ0) is 14.0. The third kappa shape index (κ3) is 3.87. The van der Waals surface area contributed by atoms with Crippen molar-refractivity contribution in [3.8, 4) is 0 Å². The molecule has 0 aliphatic heterocycles. The van der Waals surface area contributed by atoms with E-state index in [9.17, 15) is 4.79 Å². The molecule has 20 heavy (non-hydrogen) atoms. The van der Waals surface area contributed by atoms with Crippen LogP contribution in [-0.2, 0) is 4.79 Å². The molecule has 1 amide bonds. The molecule has 0 aromatic heterocycles. The fourth-order valence-electron chi connectivity index (χ4n) is 2.68. The average Bonchev–Trinajstić information content (AvgIpc) is 2.84. The van der Waals surface area contributed by atoms with Crippen LogP contribution in [0.2, 0.25) is 5.02 Å². The smallest absolute Gasteiger partial charge is 0.225 e. The van der Waals surface area contributed by atoms with Crippen molar-refractivity contribution in [3.63, 3.8) is 0 Å². The number of carbonyl (C=O) groups is 1. The van der Waals surface area contributed by atoms with Crippen molar-refractivity contribution in [2.75, 3.05) is 7.05 Å². The van der Waals surface area contributed by atoms with Gasteiger partial charge in [0.05, 0.1) is 6.04 Å². The Morgan fingerprint density at radius 3 is 2.45 bits per heavy atom. The highest BCUT2D eigenvalue weighted by atomic mass is 35.5. The maximum atomic E-state index is 12.4. The van der Waals surface area contributed by atoms with E-state index in [1.165, 1.54) is 0 Å². The average molecular weight is 317 g/mol. The fraction of sp³-hybridized carbons (Fsp3) is 0.533. The molecule has 112 valence electrons. The SMILES string of the molecule is CC(c1ccc(Cl)cc1)N(C)C(=O)C1CCC(N)C1.Cl. The van der Waals surface area contributed by atoms with Gasteiger partial charge in [-0.15, -0.1) is 12.4 Å². The van der Waals surface area contributed by atoms with E-state index < -0.39 is 0 Å². The highest BCUT2D eigenvalue weighted by molar-refractivity contribution is 6.30. The van der Waals surface area contributed by atoms with Crippen molar-refractivity contribution in [1.82, 2.24) is 4.90 Å². The third-order valence-corrected chi connectivity index (χ3v) is 4.36. The van der Waals surface area contributed by atoms with Crippen LogP contribution in [0.15, 0.2) is 24.3 Å². The lowest BCUT2D eigenvalue weighted by Gasteiger charge is -2.28. The summed E-state index contributed by atoms with van der Waals surface area (Å²) in [6.07, 6.45) is 2.69. The molecule has 0 spiro atoms. The zero-order valence-corrected chi connectivity index (χ0v) is 13.5. The largest absolute Gasteiger partial charge is 0.339 e. The van der Waals surface area contributed by atoms with E-state index in [1.54, 1.807) is 0 Å². The summed E-state index contributed by atoms with van der Waals surface area (Å²) in [7, 11) is 1.87. The van der Waals surface area contributed by atoms with E-state index in [4.69, 9.17) is 17.3 Å². The van der Waals surface area contributed by atoms with Crippen LogP contribution in [-0.4, -0.2) is 23.9 Å². The molecular weight excluding hydrogens is 295 g/mol. The van der Waals surface area contributed by atoms with Gasteiger partial charge in [-0.05, 0) is 43.9 Å². The van der Waals surface area contributed by atoms with Gasteiger partial charge in [0.25, 0.3) is 0 Å². The highest BCUT2D eigenvalue weighted by Crippen LogP contribution is 2.29. The molecule has 2 rings (SSSR count). The maximum Gasteiger partial charge on any atom is 0.225 e. The lowest BCUT2D eigenvalue weighted by atomic mass is 10.0. The third-order valence-electron chi connectivity index (χ3n) is 4.10. The van der Waals surface area contributed by atoms with E-state index in [2.05, 4.69) is 0 Å². The molecule has 1 aromatic rings. The Bertz CT molecular complexity index is 450. The summed E-state index contributed by atoms with van der Waals surface area (Å²) < 4.78 is 0. The lowest BCUT2D eigenvalue weighted by molar-refractivity contribution is -0.136. The second-order valence-electron chi connectivity index (χ2n) is 5.45. The van der Waals surface area contributed by atoms with Crippen LogP contribution in [0.1, 0.15) is 37.8 Å². The first-order chi connectivity index (χ1) is 8.99. The number of carbonyl (C=O) groups excluding carboxylic acids is 1. The second-order valence-corrected chi connectivity index (χ2v) is 5.88. The summed E-state index contributed by atoms with van der Waals surface area (Å²) in [6, 6.07) is 7.90. The van der Waals surface area contributed by atoms with Gasteiger partial charge in [0, 0.05) is 24.0 Å². The summed E-state index contributed by atoms with van der Waals surface area (Å²) in [5.41, 5.74) is 6.98. The molecule has 0 radical (unpaired) electrons. The molecule has 1 aliphatic carbocycles. The first kappa shape index (κ1) is 17.3. The molecule has 0 bridgehead atoms. The van der Waals surface area contributed by atoms with Gasteiger partial charge < -0.3 is 10.6 Å². The van der Waals surface area contributed by atoms with E-state index >= 15 is 0 Å². The van der Waals surface area contributed by atoms with E-state index in [1.807, 2.05) is 43.1 Å². The predicted molar refractivity (Wildman–Crippen MR) is 85.2 cm³/mol. The monoisotopic (exact) mass is 316 g/mol. The summed E-state index contributed by atoms with van der Waals surface area (Å²) in [4.78, 5) is 14.2. The topological polar surface area (TPSA) is 46.3 Å². The Balaban J connectivity index is 0.00000200. The number of nitrogens with zero attached hydrogens (tertiary/aromatic N) is 1. The maximum absolute atomic E-state index is 12.4. The Hall–Kier alpha value is -0.770. The van der Waals surface area contributed by atoms with Gasteiger partial charge in [0.15, 0.2) is 0 Å². The quantitative estimate of drug-likeness (QED) is 0.928. The van der Waals surface area contributed by atoms with Crippen molar-refractivity contribution < 1.29 is 4.79 Å². The minimum atomic E-state index is 0.